The van der Waals surface area contributed by atoms with Crippen molar-refractivity contribution in [1.82, 2.24) is 0 Å². The van der Waals surface area contributed by atoms with Crippen molar-refractivity contribution < 1.29 is 0 Å². The average molecular weight is 368 g/mol. The van der Waals surface area contributed by atoms with Crippen molar-refractivity contribution in [2.24, 2.45) is 0 Å². The Balaban J connectivity index is 1.91. The summed E-state index contributed by atoms with van der Waals surface area (Å²) in [7, 11) is 1.24. The van der Waals surface area contributed by atoms with Crippen molar-refractivity contribution >= 4 is 29.2 Å². The van der Waals surface area contributed by atoms with E-state index in [9.17, 15) is 0 Å². The van der Waals surface area contributed by atoms with Crippen LogP contribution in [-0.4, -0.2) is 10.7 Å². The third-order valence-corrected chi connectivity index (χ3v) is 8.18. The van der Waals surface area contributed by atoms with Crippen LogP contribution in [0.1, 0.15) is 11.1 Å². The minimum absolute atomic E-state index is 0.569. The van der Waals surface area contributed by atoms with E-state index < -0.39 is 7.53 Å². The molecule has 4 aromatic rings. The van der Waals surface area contributed by atoms with Gasteiger partial charge >= 0.3 is 0 Å². The van der Waals surface area contributed by atoms with Crippen LogP contribution in [0.2, 0.25) is 0 Å². The molecule has 0 fully saturated rings. The first kappa shape index (κ1) is 15.6. The zero-order valence-corrected chi connectivity index (χ0v) is 15.9. The maximum atomic E-state index is 2.33. The van der Waals surface area contributed by atoms with Gasteiger partial charge in [-0.15, -0.1) is 0 Å². The molecule has 1 aliphatic rings. The van der Waals surface area contributed by atoms with E-state index in [1.807, 2.05) is 0 Å². The van der Waals surface area contributed by atoms with Crippen molar-refractivity contribution in [3.8, 4) is 27.0 Å². The van der Waals surface area contributed by atoms with Gasteiger partial charge in [0.1, 0.15) is 0 Å². The van der Waals surface area contributed by atoms with Crippen molar-refractivity contribution in [1.29, 1.82) is 0 Å². The van der Waals surface area contributed by atoms with E-state index in [4.69, 9.17) is 0 Å². The Morgan fingerprint density at radius 1 is 0.500 bits per heavy atom. The van der Waals surface area contributed by atoms with Crippen molar-refractivity contribution in [3.05, 3.63) is 102 Å². The molecule has 0 unspecified atom stereocenters. The maximum Gasteiger partial charge on any atom is 0.0149 e. The van der Waals surface area contributed by atoms with Gasteiger partial charge in [0.25, 0.3) is 0 Å². The third-order valence-electron chi connectivity index (χ3n) is 4.73. The van der Waals surface area contributed by atoms with Crippen LogP contribution in [0, 0.1) is 0 Å². The third kappa shape index (κ3) is 2.52. The molecule has 5 rings (SSSR count). The second-order valence-corrected chi connectivity index (χ2v) is 9.12. The number of rotatable bonds is 3. The van der Waals surface area contributed by atoms with Gasteiger partial charge in [-0.25, -0.2) is 0 Å². The Hall–Kier alpha value is -2.60. The Bertz CT molecular complexity index is 1060. The molecule has 0 spiro atoms. The summed E-state index contributed by atoms with van der Waals surface area (Å²) >= 11 is 0. The van der Waals surface area contributed by atoms with Gasteiger partial charge in [-0.05, 0) is 27.2 Å². The summed E-state index contributed by atoms with van der Waals surface area (Å²) in [5.74, 6) is 0. The topological polar surface area (TPSA) is 0 Å². The van der Waals surface area contributed by atoms with Crippen LogP contribution in [0.4, 0.5) is 0 Å². The molecule has 0 saturated heterocycles. The normalized spacial score (nSPS) is 12.0. The highest BCUT2D eigenvalue weighted by Gasteiger charge is 2.25. The molecule has 3 aromatic carbocycles. The van der Waals surface area contributed by atoms with Gasteiger partial charge in [0, 0.05) is 21.7 Å². The Labute approximate surface area is 158 Å². The molecular formula is C24H17PS. The number of benzene rings is 3. The van der Waals surface area contributed by atoms with Crippen LogP contribution in [0.5, 0.6) is 0 Å². The average Bonchev–Trinajstić information content (AvgIpc) is 3.30. The fraction of sp³-hybridized carbons (Fsp3) is 0. The molecule has 2 heterocycles. The standard InChI is InChI=1S/C24H17PS/c1-4-10-18(11-5-1)23-21-16-26-17-22(21)24(19-12-6-2-7-13-19)25(23)20-14-8-3-9-15-20/h1-17H. The molecule has 1 aromatic heterocycles. The molecular weight excluding hydrogens is 351 g/mol. The largest absolute Gasteiger partial charge is 0.151 e. The summed E-state index contributed by atoms with van der Waals surface area (Å²) in [4.78, 5) is 0. The van der Waals surface area contributed by atoms with Gasteiger partial charge in [-0.1, -0.05) is 98.5 Å². The van der Waals surface area contributed by atoms with E-state index in [-0.39, 0.29) is 0 Å². The molecule has 2 heteroatoms. The lowest BCUT2D eigenvalue weighted by Gasteiger charge is -2.12. The van der Waals surface area contributed by atoms with Crippen molar-refractivity contribution in [2.45, 2.75) is 0 Å². The van der Waals surface area contributed by atoms with Crippen LogP contribution in [0.3, 0.4) is 0 Å². The second kappa shape index (κ2) is 6.61. The zero-order valence-electron chi connectivity index (χ0n) is 14.2. The molecule has 0 atom stereocenters. The van der Waals surface area contributed by atoms with Crippen molar-refractivity contribution in [3.63, 3.8) is 0 Å². The molecule has 124 valence electrons. The van der Waals surface area contributed by atoms with Gasteiger partial charge in [0.2, 0.25) is 0 Å². The summed E-state index contributed by atoms with van der Waals surface area (Å²) in [5, 5.41) is 9.04. The lowest BCUT2D eigenvalue weighted by molar-refractivity contribution is 1.68. The predicted molar refractivity (Wildman–Crippen MR) is 119 cm³/mol. The monoisotopic (exact) mass is 368 g/mol. The summed E-state index contributed by atoms with van der Waals surface area (Å²) in [6, 6.07) is 32.8. The van der Waals surface area contributed by atoms with E-state index in [1.54, 1.807) is 10.9 Å². The highest BCUT2D eigenvalue weighted by molar-refractivity contribution is 7.97. The fourth-order valence-corrected chi connectivity index (χ4v) is 7.49. The highest BCUT2D eigenvalue weighted by Crippen LogP contribution is 2.60. The molecule has 1 aliphatic heterocycles. The Morgan fingerprint density at radius 2 is 0.923 bits per heavy atom. The first-order chi connectivity index (χ1) is 12.9. The first-order valence-corrected chi connectivity index (χ1v) is 11.0. The maximum absolute atomic E-state index is 2.33. The van der Waals surface area contributed by atoms with Crippen LogP contribution in [0.25, 0.3) is 27.0 Å². The molecule has 0 radical (unpaired) electrons. The van der Waals surface area contributed by atoms with Crippen LogP contribution in [0.15, 0.2) is 91.0 Å². The lowest BCUT2D eigenvalue weighted by atomic mass is 10.0. The fourth-order valence-electron chi connectivity index (χ4n) is 3.61. The number of fused-ring (bicyclic) bond motifs is 1. The van der Waals surface area contributed by atoms with Gasteiger partial charge in [-0.3, -0.25) is 0 Å². The number of hydrogen-bond acceptors (Lipinski definition) is 0. The van der Waals surface area contributed by atoms with E-state index in [0.717, 1.165) is 0 Å². The Kier molecular flexibility index (Phi) is 3.97. The molecule has 0 nitrogen and oxygen atoms in total. The van der Waals surface area contributed by atoms with Crippen molar-refractivity contribution in [2.75, 3.05) is 0 Å². The summed E-state index contributed by atoms with van der Waals surface area (Å²) < 4.78 is 0. The van der Waals surface area contributed by atoms with Crippen LogP contribution < -0.4 is 0 Å². The smallest absolute Gasteiger partial charge is 0.0149 e. The molecule has 0 bridgehead atoms. The molecule has 26 heavy (non-hydrogen) atoms. The first-order valence-electron chi connectivity index (χ1n) is 8.70. The summed E-state index contributed by atoms with van der Waals surface area (Å²) in [5.41, 5.74) is 5.51. The van der Waals surface area contributed by atoms with Crippen LogP contribution in [-0.2, 0) is 0 Å². The minimum Gasteiger partial charge on any atom is -0.151 e. The minimum atomic E-state index is -0.569. The van der Waals surface area contributed by atoms with E-state index in [1.165, 1.54) is 38.1 Å². The summed E-state index contributed by atoms with van der Waals surface area (Å²) in [6.07, 6.45) is 0. The number of hydrogen-bond donors (Lipinski definition) is 0. The van der Waals surface area contributed by atoms with E-state index >= 15 is 0 Å². The lowest BCUT2D eigenvalue weighted by Crippen LogP contribution is -1.84. The molecule has 0 N–H and O–H groups in total. The van der Waals surface area contributed by atoms with E-state index in [2.05, 4.69) is 102 Å². The molecule has 0 aliphatic carbocycles. The Morgan fingerprint density at radius 3 is 1.38 bits per heavy atom. The van der Waals surface area contributed by atoms with Gasteiger partial charge in [0.05, 0.1) is 0 Å². The zero-order chi connectivity index (χ0) is 17.3. The summed E-state index contributed by atoms with van der Waals surface area (Å²) in [6.45, 7) is 0. The molecule has 0 amide bonds. The highest BCUT2D eigenvalue weighted by atomic mass is 32.1. The quantitative estimate of drug-likeness (QED) is 0.300. The second-order valence-electron chi connectivity index (χ2n) is 6.30. The van der Waals surface area contributed by atoms with E-state index in [0.29, 0.717) is 0 Å². The SMILES string of the molecule is C1=S=Cc2c1c(-c1ccccc1)p(-c1ccccc1)c2-c1ccccc1. The van der Waals surface area contributed by atoms with Gasteiger partial charge < -0.3 is 0 Å². The van der Waals surface area contributed by atoms with Gasteiger partial charge in [0.15, 0.2) is 0 Å². The van der Waals surface area contributed by atoms with Gasteiger partial charge in [-0.2, -0.15) is 10.9 Å². The predicted octanol–water partition coefficient (Wildman–Crippen LogP) is 7.04. The molecule has 0 saturated carbocycles. The van der Waals surface area contributed by atoms with Crippen LogP contribution >= 0.6 is 18.5 Å².